The second kappa shape index (κ2) is 8.15. The van der Waals surface area contributed by atoms with Crippen LogP contribution in [0.1, 0.15) is 23.2 Å². The fourth-order valence-corrected chi connectivity index (χ4v) is 3.57. The van der Waals surface area contributed by atoms with E-state index in [1.54, 1.807) is 28.1 Å². The molecule has 0 saturated carbocycles. The Balaban J connectivity index is 1.48. The van der Waals surface area contributed by atoms with Crippen molar-refractivity contribution < 1.29 is 27.6 Å². The largest absolute Gasteiger partial charge is 0.471 e. The highest BCUT2D eigenvalue weighted by Crippen LogP contribution is 2.25. The van der Waals surface area contributed by atoms with E-state index in [0.29, 0.717) is 31.7 Å². The van der Waals surface area contributed by atoms with Crippen LogP contribution in [0.25, 0.3) is 0 Å². The van der Waals surface area contributed by atoms with Gasteiger partial charge in [0.05, 0.1) is 5.56 Å². The minimum Gasteiger partial charge on any atom is -0.339 e. The number of nitrogens with zero attached hydrogens (tertiary/aromatic N) is 4. The van der Waals surface area contributed by atoms with Crippen LogP contribution >= 0.6 is 0 Å². The van der Waals surface area contributed by atoms with Crippen LogP contribution < -0.4 is 0 Å². The molecule has 2 aliphatic rings. The molecule has 7 nitrogen and oxygen atoms in total. The Morgan fingerprint density at radius 2 is 1.54 bits per heavy atom. The van der Waals surface area contributed by atoms with Crippen molar-refractivity contribution in [2.24, 2.45) is 5.92 Å². The van der Waals surface area contributed by atoms with Gasteiger partial charge < -0.3 is 14.7 Å². The van der Waals surface area contributed by atoms with Crippen LogP contribution in [0.3, 0.4) is 0 Å². The monoisotopic (exact) mass is 398 g/mol. The lowest BCUT2D eigenvalue weighted by atomic mass is 9.95. The van der Waals surface area contributed by atoms with Gasteiger partial charge in [0, 0.05) is 57.6 Å². The van der Waals surface area contributed by atoms with Crippen molar-refractivity contribution in [2.45, 2.75) is 19.0 Å². The zero-order valence-electron chi connectivity index (χ0n) is 15.2. The van der Waals surface area contributed by atoms with Crippen molar-refractivity contribution in [3.05, 3.63) is 30.1 Å². The number of hydrogen-bond donors (Lipinski definition) is 0. The molecule has 0 aliphatic carbocycles. The first kappa shape index (κ1) is 20.1. The molecule has 2 fully saturated rings. The summed E-state index contributed by atoms with van der Waals surface area (Å²) in [5.74, 6) is -2.49. The topological polar surface area (TPSA) is 73.8 Å². The van der Waals surface area contributed by atoms with Crippen molar-refractivity contribution in [1.29, 1.82) is 0 Å². The lowest BCUT2D eigenvalue weighted by Crippen LogP contribution is -2.53. The van der Waals surface area contributed by atoms with Gasteiger partial charge in [0.1, 0.15) is 0 Å². The molecule has 0 unspecified atom stereocenters. The summed E-state index contributed by atoms with van der Waals surface area (Å²) in [6.07, 6.45) is -1.37. The number of halogens is 3. The number of carbonyl (C=O) groups is 3. The van der Waals surface area contributed by atoms with Crippen molar-refractivity contribution in [2.75, 3.05) is 39.3 Å². The molecule has 2 aliphatic heterocycles. The zero-order chi connectivity index (χ0) is 20.3. The fourth-order valence-electron chi connectivity index (χ4n) is 3.57. The molecule has 0 spiro atoms. The highest BCUT2D eigenvalue weighted by atomic mass is 19.4. The van der Waals surface area contributed by atoms with E-state index in [-0.39, 0.29) is 37.7 Å². The standard InChI is InChI=1S/C18H21F3N4O3/c19-18(20,21)17(28)25-6-3-13(4-7-25)15(26)23-8-10-24(11-9-23)16(27)14-2-1-5-22-12-14/h1-2,5,12-13H,3-4,6-11H2. The molecule has 2 saturated heterocycles. The Morgan fingerprint density at radius 1 is 0.929 bits per heavy atom. The van der Waals surface area contributed by atoms with E-state index in [1.165, 1.54) is 6.20 Å². The van der Waals surface area contributed by atoms with Gasteiger partial charge in [-0.05, 0) is 25.0 Å². The molecular formula is C18H21F3N4O3. The van der Waals surface area contributed by atoms with Crippen LogP contribution in [-0.4, -0.2) is 82.9 Å². The summed E-state index contributed by atoms with van der Waals surface area (Å²) >= 11 is 0. The van der Waals surface area contributed by atoms with E-state index in [9.17, 15) is 27.6 Å². The summed E-state index contributed by atoms with van der Waals surface area (Å²) in [6.45, 7) is 1.40. The maximum Gasteiger partial charge on any atom is 0.471 e. The van der Waals surface area contributed by atoms with E-state index < -0.39 is 18.0 Å². The molecule has 152 valence electrons. The lowest BCUT2D eigenvalue weighted by Gasteiger charge is -2.38. The number of aromatic nitrogens is 1. The van der Waals surface area contributed by atoms with E-state index in [4.69, 9.17) is 0 Å². The summed E-state index contributed by atoms with van der Waals surface area (Å²) in [5.41, 5.74) is 0.490. The smallest absolute Gasteiger partial charge is 0.339 e. The maximum atomic E-state index is 12.7. The Labute approximate surface area is 160 Å². The quantitative estimate of drug-likeness (QED) is 0.750. The van der Waals surface area contributed by atoms with Crippen LogP contribution in [0.5, 0.6) is 0 Å². The van der Waals surface area contributed by atoms with Crippen LogP contribution in [0.4, 0.5) is 13.2 Å². The molecule has 0 atom stereocenters. The molecule has 0 N–H and O–H groups in total. The molecule has 28 heavy (non-hydrogen) atoms. The van der Waals surface area contributed by atoms with Gasteiger partial charge in [-0.3, -0.25) is 19.4 Å². The van der Waals surface area contributed by atoms with Crippen LogP contribution in [0.2, 0.25) is 0 Å². The molecule has 10 heteroatoms. The highest BCUT2D eigenvalue weighted by molar-refractivity contribution is 5.94. The van der Waals surface area contributed by atoms with E-state index in [0.717, 1.165) is 4.90 Å². The molecule has 0 radical (unpaired) electrons. The van der Waals surface area contributed by atoms with Crippen molar-refractivity contribution in [3.8, 4) is 0 Å². The summed E-state index contributed by atoms with van der Waals surface area (Å²) in [5, 5.41) is 0. The second-order valence-electron chi connectivity index (χ2n) is 6.92. The number of likely N-dealkylation sites (tertiary alicyclic amines) is 1. The molecule has 3 rings (SSSR count). The fraction of sp³-hybridized carbons (Fsp3) is 0.556. The molecule has 3 heterocycles. The predicted octanol–water partition coefficient (Wildman–Crippen LogP) is 1.17. The van der Waals surface area contributed by atoms with Gasteiger partial charge >= 0.3 is 12.1 Å². The molecule has 0 bridgehead atoms. The van der Waals surface area contributed by atoms with Crippen molar-refractivity contribution in [1.82, 2.24) is 19.7 Å². The number of rotatable bonds is 2. The number of piperazine rings is 1. The predicted molar refractivity (Wildman–Crippen MR) is 92.1 cm³/mol. The average Bonchev–Trinajstić information content (AvgIpc) is 2.72. The van der Waals surface area contributed by atoms with Gasteiger partial charge in [0.15, 0.2) is 0 Å². The first-order valence-electron chi connectivity index (χ1n) is 9.11. The zero-order valence-corrected chi connectivity index (χ0v) is 15.2. The third-order valence-electron chi connectivity index (χ3n) is 5.16. The first-order valence-corrected chi connectivity index (χ1v) is 9.11. The van der Waals surface area contributed by atoms with Crippen LogP contribution in [0.15, 0.2) is 24.5 Å². The van der Waals surface area contributed by atoms with Crippen LogP contribution in [0, 0.1) is 5.92 Å². The first-order chi connectivity index (χ1) is 13.3. The Bertz CT molecular complexity index is 725. The molecular weight excluding hydrogens is 377 g/mol. The Morgan fingerprint density at radius 3 is 2.07 bits per heavy atom. The van der Waals surface area contributed by atoms with Gasteiger partial charge in [-0.2, -0.15) is 13.2 Å². The molecule has 3 amide bonds. The Kier molecular flexibility index (Phi) is 5.85. The second-order valence-corrected chi connectivity index (χ2v) is 6.92. The minimum absolute atomic E-state index is 0.0752. The lowest BCUT2D eigenvalue weighted by molar-refractivity contribution is -0.187. The normalized spacial score (nSPS) is 18.9. The highest BCUT2D eigenvalue weighted by Gasteiger charge is 2.44. The van der Waals surface area contributed by atoms with Crippen LogP contribution in [-0.2, 0) is 9.59 Å². The summed E-state index contributed by atoms with van der Waals surface area (Å²) in [6, 6.07) is 3.37. The van der Waals surface area contributed by atoms with Gasteiger partial charge in [-0.15, -0.1) is 0 Å². The average molecular weight is 398 g/mol. The maximum absolute atomic E-state index is 12.7. The molecule has 1 aromatic heterocycles. The van der Waals surface area contributed by atoms with Gasteiger partial charge in [0.2, 0.25) is 5.91 Å². The number of hydrogen-bond acceptors (Lipinski definition) is 4. The van der Waals surface area contributed by atoms with Crippen molar-refractivity contribution >= 4 is 17.7 Å². The number of amides is 3. The number of alkyl halides is 3. The van der Waals surface area contributed by atoms with Gasteiger partial charge in [0.25, 0.3) is 5.91 Å². The van der Waals surface area contributed by atoms with E-state index >= 15 is 0 Å². The molecule has 0 aromatic carbocycles. The third-order valence-corrected chi connectivity index (χ3v) is 5.16. The Hall–Kier alpha value is -2.65. The number of piperidine rings is 1. The summed E-state index contributed by atoms with van der Waals surface area (Å²) in [7, 11) is 0. The third kappa shape index (κ3) is 4.42. The van der Waals surface area contributed by atoms with E-state index in [1.807, 2.05) is 0 Å². The molecule has 1 aromatic rings. The van der Waals surface area contributed by atoms with Gasteiger partial charge in [-0.25, -0.2) is 0 Å². The summed E-state index contributed by atoms with van der Waals surface area (Å²) in [4.78, 5) is 44.3. The SMILES string of the molecule is O=C(c1cccnc1)N1CCN(C(=O)C2CCN(C(=O)C(F)(F)F)CC2)CC1. The minimum atomic E-state index is -4.88. The van der Waals surface area contributed by atoms with Crippen molar-refractivity contribution in [3.63, 3.8) is 0 Å². The van der Waals surface area contributed by atoms with E-state index in [2.05, 4.69) is 4.98 Å². The number of carbonyl (C=O) groups excluding carboxylic acids is 3. The number of pyridine rings is 1. The summed E-state index contributed by atoms with van der Waals surface area (Å²) < 4.78 is 37.5. The van der Waals surface area contributed by atoms with Gasteiger partial charge in [-0.1, -0.05) is 0 Å².